The molecule has 1 fully saturated rings. The lowest BCUT2D eigenvalue weighted by atomic mass is 10.1. The molecular formula is C11H22N2O3S. The zero-order valence-corrected chi connectivity index (χ0v) is 11.6. The highest BCUT2D eigenvalue weighted by molar-refractivity contribution is 7.92. The number of sulfone groups is 1. The van der Waals surface area contributed by atoms with Crippen molar-refractivity contribution in [2.24, 2.45) is 0 Å². The second-order valence-corrected chi connectivity index (χ2v) is 7.33. The molecule has 1 aliphatic heterocycles. The average Bonchev–Trinajstić information content (AvgIpc) is 2.27. The molecule has 0 bridgehead atoms. The fourth-order valence-corrected chi connectivity index (χ4v) is 2.75. The van der Waals surface area contributed by atoms with E-state index in [1.165, 1.54) is 0 Å². The summed E-state index contributed by atoms with van der Waals surface area (Å²) in [6, 6.07) is -0.148. The Morgan fingerprint density at radius 3 is 2.65 bits per heavy atom. The van der Waals surface area contributed by atoms with Crippen molar-refractivity contribution in [3.63, 3.8) is 0 Å². The molecule has 0 aromatic heterocycles. The first-order chi connectivity index (χ1) is 7.88. The van der Waals surface area contributed by atoms with Crippen LogP contribution in [0.4, 0.5) is 0 Å². The summed E-state index contributed by atoms with van der Waals surface area (Å²) < 4.78 is 23.4. The van der Waals surface area contributed by atoms with E-state index < -0.39 is 9.84 Å². The van der Waals surface area contributed by atoms with E-state index >= 15 is 0 Å². The molecule has 17 heavy (non-hydrogen) atoms. The third-order valence-electron chi connectivity index (χ3n) is 3.15. The second kappa shape index (κ2) is 5.82. The molecule has 1 atom stereocenters. The molecule has 1 N–H and O–H groups in total. The highest BCUT2D eigenvalue weighted by Gasteiger charge is 2.28. The summed E-state index contributed by atoms with van der Waals surface area (Å²) in [5.74, 6) is 0.0880. The Labute approximate surface area is 103 Å². The van der Waals surface area contributed by atoms with Crippen LogP contribution in [0, 0.1) is 0 Å². The standard InChI is InChI=1S/C11H22N2O3S/c1-4-10-11(14)13(6-5-12-10)7-8-17(15,16)9(2)3/h9-10,12H,4-8H2,1-3H3. The van der Waals surface area contributed by atoms with E-state index in [9.17, 15) is 13.2 Å². The van der Waals surface area contributed by atoms with Gasteiger partial charge in [-0.1, -0.05) is 6.92 Å². The van der Waals surface area contributed by atoms with Crippen molar-refractivity contribution in [2.75, 3.05) is 25.4 Å². The zero-order chi connectivity index (χ0) is 13.1. The molecule has 0 aromatic carbocycles. The van der Waals surface area contributed by atoms with Crippen LogP contribution in [0.25, 0.3) is 0 Å². The molecule has 0 aliphatic carbocycles. The number of hydrogen-bond donors (Lipinski definition) is 1. The number of carbonyl (C=O) groups is 1. The third-order valence-corrected chi connectivity index (χ3v) is 5.34. The molecule has 1 rings (SSSR count). The maximum atomic E-state index is 11.9. The Hall–Kier alpha value is -0.620. The predicted octanol–water partition coefficient (Wildman–Crippen LogP) is 0.0200. The van der Waals surface area contributed by atoms with Gasteiger partial charge in [0.1, 0.15) is 0 Å². The second-order valence-electron chi connectivity index (χ2n) is 4.66. The lowest BCUT2D eigenvalue weighted by Gasteiger charge is -2.32. The van der Waals surface area contributed by atoms with Gasteiger partial charge in [-0.15, -0.1) is 0 Å². The van der Waals surface area contributed by atoms with E-state index in [-0.39, 0.29) is 23.0 Å². The van der Waals surface area contributed by atoms with Gasteiger partial charge in [-0.3, -0.25) is 4.79 Å². The van der Waals surface area contributed by atoms with Gasteiger partial charge >= 0.3 is 0 Å². The van der Waals surface area contributed by atoms with E-state index in [0.29, 0.717) is 13.1 Å². The van der Waals surface area contributed by atoms with Crippen molar-refractivity contribution in [1.29, 1.82) is 0 Å². The van der Waals surface area contributed by atoms with Gasteiger partial charge < -0.3 is 10.2 Å². The van der Waals surface area contributed by atoms with Gasteiger partial charge in [0, 0.05) is 19.6 Å². The van der Waals surface area contributed by atoms with Crippen LogP contribution in [0.1, 0.15) is 27.2 Å². The summed E-state index contributed by atoms with van der Waals surface area (Å²) in [6.45, 7) is 6.95. The minimum atomic E-state index is -3.06. The van der Waals surface area contributed by atoms with Gasteiger partial charge in [-0.2, -0.15) is 0 Å². The number of carbonyl (C=O) groups excluding carboxylic acids is 1. The molecule has 1 amide bonds. The quantitative estimate of drug-likeness (QED) is 0.758. The first-order valence-corrected chi connectivity index (χ1v) is 7.83. The Morgan fingerprint density at radius 2 is 2.12 bits per heavy atom. The molecule has 1 saturated heterocycles. The monoisotopic (exact) mass is 262 g/mol. The molecule has 1 heterocycles. The Morgan fingerprint density at radius 1 is 1.47 bits per heavy atom. The summed E-state index contributed by atoms with van der Waals surface area (Å²) in [5.41, 5.74) is 0. The van der Waals surface area contributed by atoms with Crippen LogP contribution in [0.15, 0.2) is 0 Å². The first kappa shape index (κ1) is 14.4. The molecule has 100 valence electrons. The molecule has 0 aromatic rings. The van der Waals surface area contributed by atoms with Crippen molar-refractivity contribution in [3.05, 3.63) is 0 Å². The Balaban J connectivity index is 2.55. The lowest BCUT2D eigenvalue weighted by molar-refractivity contribution is -0.135. The van der Waals surface area contributed by atoms with Gasteiger partial charge in [0.2, 0.25) is 5.91 Å². The summed E-state index contributed by atoms with van der Waals surface area (Å²) in [7, 11) is -3.06. The van der Waals surface area contributed by atoms with Gasteiger partial charge in [0.05, 0.1) is 17.0 Å². The van der Waals surface area contributed by atoms with Gasteiger partial charge in [-0.05, 0) is 20.3 Å². The Bertz CT molecular complexity index is 365. The molecule has 5 nitrogen and oxygen atoms in total. The molecule has 0 spiro atoms. The van der Waals surface area contributed by atoms with Crippen molar-refractivity contribution < 1.29 is 13.2 Å². The van der Waals surface area contributed by atoms with Crippen molar-refractivity contribution >= 4 is 15.7 Å². The van der Waals surface area contributed by atoms with Crippen molar-refractivity contribution in [3.8, 4) is 0 Å². The number of piperazine rings is 1. The highest BCUT2D eigenvalue weighted by atomic mass is 32.2. The number of hydrogen-bond acceptors (Lipinski definition) is 4. The van der Waals surface area contributed by atoms with Crippen LogP contribution in [-0.4, -0.2) is 55.9 Å². The summed E-state index contributed by atoms with van der Waals surface area (Å²) in [6.07, 6.45) is 0.742. The molecular weight excluding hydrogens is 240 g/mol. The number of nitrogens with one attached hydrogen (secondary N) is 1. The fraction of sp³-hybridized carbons (Fsp3) is 0.909. The molecule has 1 unspecified atom stereocenters. The van der Waals surface area contributed by atoms with E-state index in [2.05, 4.69) is 5.32 Å². The topological polar surface area (TPSA) is 66.5 Å². The summed E-state index contributed by atoms with van der Waals surface area (Å²) in [5, 5.41) is 2.76. The van der Waals surface area contributed by atoms with Crippen LogP contribution in [-0.2, 0) is 14.6 Å². The molecule has 0 saturated carbocycles. The van der Waals surface area contributed by atoms with Crippen LogP contribution in [0.2, 0.25) is 0 Å². The number of amides is 1. The number of rotatable bonds is 5. The molecule has 6 heteroatoms. The van der Waals surface area contributed by atoms with Crippen molar-refractivity contribution in [1.82, 2.24) is 10.2 Å². The van der Waals surface area contributed by atoms with E-state index in [1.54, 1.807) is 18.7 Å². The minimum Gasteiger partial charge on any atom is -0.339 e. The predicted molar refractivity (Wildman–Crippen MR) is 67.6 cm³/mol. The van der Waals surface area contributed by atoms with Crippen LogP contribution < -0.4 is 5.32 Å². The summed E-state index contributed by atoms with van der Waals surface area (Å²) in [4.78, 5) is 13.6. The number of nitrogens with zero attached hydrogens (tertiary/aromatic N) is 1. The van der Waals surface area contributed by atoms with Gasteiger partial charge in [0.15, 0.2) is 9.84 Å². The van der Waals surface area contributed by atoms with E-state index in [0.717, 1.165) is 13.0 Å². The Kier molecular flexibility index (Phi) is 4.94. The van der Waals surface area contributed by atoms with Crippen LogP contribution >= 0.6 is 0 Å². The van der Waals surface area contributed by atoms with Crippen LogP contribution in [0.3, 0.4) is 0 Å². The molecule has 0 radical (unpaired) electrons. The first-order valence-electron chi connectivity index (χ1n) is 6.12. The van der Waals surface area contributed by atoms with Gasteiger partial charge in [0.25, 0.3) is 0 Å². The van der Waals surface area contributed by atoms with Gasteiger partial charge in [-0.25, -0.2) is 8.42 Å². The smallest absolute Gasteiger partial charge is 0.239 e. The summed E-state index contributed by atoms with van der Waals surface area (Å²) >= 11 is 0. The third kappa shape index (κ3) is 3.67. The normalized spacial score (nSPS) is 22.2. The zero-order valence-electron chi connectivity index (χ0n) is 10.8. The SMILES string of the molecule is CCC1NCCN(CCS(=O)(=O)C(C)C)C1=O. The molecule has 1 aliphatic rings. The fourth-order valence-electron chi connectivity index (χ4n) is 1.81. The van der Waals surface area contributed by atoms with Crippen molar-refractivity contribution in [2.45, 2.75) is 38.5 Å². The van der Waals surface area contributed by atoms with Crippen LogP contribution in [0.5, 0.6) is 0 Å². The largest absolute Gasteiger partial charge is 0.339 e. The highest BCUT2D eigenvalue weighted by Crippen LogP contribution is 2.07. The minimum absolute atomic E-state index is 0.0257. The maximum Gasteiger partial charge on any atom is 0.239 e. The lowest BCUT2D eigenvalue weighted by Crippen LogP contribution is -2.55. The van der Waals surface area contributed by atoms with E-state index in [1.807, 2.05) is 6.92 Å². The average molecular weight is 262 g/mol. The van der Waals surface area contributed by atoms with E-state index in [4.69, 9.17) is 0 Å². The maximum absolute atomic E-state index is 11.9.